The summed E-state index contributed by atoms with van der Waals surface area (Å²) < 4.78 is 40.2. The van der Waals surface area contributed by atoms with Gasteiger partial charge in [0.05, 0.1) is 17.2 Å². The number of para-hydroxylation sites is 1. The van der Waals surface area contributed by atoms with Crippen molar-refractivity contribution in [1.82, 2.24) is 13.5 Å². The Labute approximate surface area is 177 Å². The van der Waals surface area contributed by atoms with E-state index in [4.69, 9.17) is 21.1 Å². The summed E-state index contributed by atoms with van der Waals surface area (Å²) in [5.41, 5.74) is 0. The van der Waals surface area contributed by atoms with Gasteiger partial charge in [0.15, 0.2) is 6.10 Å². The number of hydrogen-bond donors (Lipinski definition) is 0. The summed E-state index contributed by atoms with van der Waals surface area (Å²) in [7, 11) is -3.57. The Morgan fingerprint density at radius 2 is 1.69 bits per heavy atom. The highest BCUT2D eigenvalue weighted by Gasteiger charge is 2.37. The highest BCUT2D eigenvalue weighted by molar-refractivity contribution is 7.86. The number of piperazine rings is 1. The molecule has 1 amide bonds. The zero-order chi connectivity index (χ0) is 21.2. The van der Waals surface area contributed by atoms with Crippen LogP contribution in [0.3, 0.4) is 0 Å². The molecule has 3 atom stereocenters. The lowest BCUT2D eigenvalue weighted by molar-refractivity contribution is -0.139. The fourth-order valence-corrected chi connectivity index (χ4v) is 5.59. The standard InChI is InChI=1S/C19H28ClN3O5S/c1-14-12-23(13-15(2)27-14)29(25,26)22-10-8-21(9-11-22)19(24)16(3)28-18-7-5-4-6-17(18)20/h4-7,14-16H,8-13H2,1-3H3. The number of benzene rings is 1. The third kappa shape index (κ3) is 5.21. The first-order valence-electron chi connectivity index (χ1n) is 9.79. The Morgan fingerprint density at radius 1 is 1.10 bits per heavy atom. The van der Waals surface area contributed by atoms with Crippen LogP contribution in [0.15, 0.2) is 24.3 Å². The number of nitrogens with zero attached hydrogens (tertiary/aromatic N) is 3. The zero-order valence-corrected chi connectivity index (χ0v) is 18.5. The molecule has 0 aliphatic carbocycles. The molecule has 0 radical (unpaired) electrons. The van der Waals surface area contributed by atoms with Crippen LogP contribution in [0.1, 0.15) is 20.8 Å². The van der Waals surface area contributed by atoms with Crippen LogP contribution >= 0.6 is 11.6 Å². The molecule has 1 aromatic carbocycles. The van der Waals surface area contributed by atoms with E-state index < -0.39 is 16.3 Å². The Morgan fingerprint density at radius 3 is 2.28 bits per heavy atom. The summed E-state index contributed by atoms with van der Waals surface area (Å²) in [5.74, 6) is 0.266. The van der Waals surface area contributed by atoms with Crippen molar-refractivity contribution in [3.8, 4) is 5.75 Å². The lowest BCUT2D eigenvalue weighted by Gasteiger charge is -2.40. The van der Waals surface area contributed by atoms with E-state index in [9.17, 15) is 13.2 Å². The minimum absolute atomic E-state index is 0.140. The van der Waals surface area contributed by atoms with Crippen LogP contribution in [0, 0.1) is 0 Å². The van der Waals surface area contributed by atoms with E-state index in [-0.39, 0.29) is 31.2 Å². The second-order valence-electron chi connectivity index (χ2n) is 7.50. The molecule has 3 unspecified atom stereocenters. The molecular formula is C19H28ClN3O5S. The van der Waals surface area contributed by atoms with Gasteiger partial charge in [-0.1, -0.05) is 23.7 Å². The van der Waals surface area contributed by atoms with Gasteiger partial charge in [0.25, 0.3) is 16.1 Å². The van der Waals surface area contributed by atoms with E-state index in [0.29, 0.717) is 37.0 Å². The van der Waals surface area contributed by atoms with Crippen molar-refractivity contribution in [2.75, 3.05) is 39.3 Å². The lowest BCUT2D eigenvalue weighted by atomic mass is 10.2. The molecule has 162 valence electrons. The van der Waals surface area contributed by atoms with E-state index in [1.165, 1.54) is 8.61 Å². The third-order valence-electron chi connectivity index (χ3n) is 5.08. The number of rotatable bonds is 5. The Kier molecular flexibility index (Phi) is 7.06. The Hall–Kier alpha value is -1.39. The highest BCUT2D eigenvalue weighted by atomic mass is 35.5. The van der Waals surface area contributed by atoms with Crippen molar-refractivity contribution in [2.24, 2.45) is 0 Å². The number of carbonyl (C=O) groups is 1. The number of carbonyl (C=O) groups excluding carboxylic acids is 1. The van der Waals surface area contributed by atoms with Gasteiger partial charge in [0, 0.05) is 39.3 Å². The van der Waals surface area contributed by atoms with E-state index in [1.54, 1.807) is 36.1 Å². The predicted molar refractivity (Wildman–Crippen MR) is 110 cm³/mol. The smallest absolute Gasteiger partial charge is 0.282 e. The predicted octanol–water partition coefficient (Wildman–Crippen LogP) is 1.61. The second kappa shape index (κ2) is 9.18. The third-order valence-corrected chi connectivity index (χ3v) is 7.36. The van der Waals surface area contributed by atoms with Gasteiger partial charge in [-0.25, -0.2) is 0 Å². The first-order chi connectivity index (χ1) is 13.7. The molecule has 2 saturated heterocycles. The van der Waals surface area contributed by atoms with E-state index in [1.807, 2.05) is 13.8 Å². The number of ether oxygens (including phenoxy) is 2. The Balaban J connectivity index is 1.57. The molecule has 2 aliphatic heterocycles. The van der Waals surface area contributed by atoms with Crippen molar-refractivity contribution < 1.29 is 22.7 Å². The topological polar surface area (TPSA) is 79.4 Å². The maximum absolute atomic E-state index is 13.0. The molecule has 2 aliphatic rings. The maximum atomic E-state index is 13.0. The summed E-state index contributed by atoms with van der Waals surface area (Å²) in [5, 5.41) is 0.442. The van der Waals surface area contributed by atoms with Crippen molar-refractivity contribution in [1.29, 1.82) is 0 Å². The number of morpholine rings is 1. The number of hydrogen-bond acceptors (Lipinski definition) is 5. The fourth-order valence-electron chi connectivity index (χ4n) is 3.66. The largest absolute Gasteiger partial charge is 0.479 e. The summed E-state index contributed by atoms with van der Waals surface area (Å²) >= 11 is 6.09. The molecule has 29 heavy (non-hydrogen) atoms. The van der Waals surface area contributed by atoms with Crippen LogP contribution in [-0.4, -0.2) is 85.4 Å². The van der Waals surface area contributed by atoms with Gasteiger partial charge >= 0.3 is 0 Å². The molecule has 2 heterocycles. The average Bonchev–Trinajstić information content (AvgIpc) is 2.68. The molecule has 0 bridgehead atoms. The van der Waals surface area contributed by atoms with Crippen LogP contribution in [0.2, 0.25) is 5.02 Å². The zero-order valence-electron chi connectivity index (χ0n) is 17.0. The van der Waals surface area contributed by atoms with Crippen LogP contribution < -0.4 is 4.74 Å². The van der Waals surface area contributed by atoms with Crippen LogP contribution in [-0.2, 0) is 19.7 Å². The van der Waals surface area contributed by atoms with Gasteiger partial charge in [-0.15, -0.1) is 0 Å². The molecule has 0 spiro atoms. The van der Waals surface area contributed by atoms with Gasteiger partial charge in [-0.05, 0) is 32.9 Å². The van der Waals surface area contributed by atoms with Crippen molar-refractivity contribution in [3.63, 3.8) is 0 Å². The maximum Gasteiger partial charge on any atom is 0.282 e. The van der Waals surface area contributed by atoms with Crippen molar-refractivity contribution >= 4 is 27.7 Å². The number of amides is 1. The van der Waals surface area contributed by atoms with Gasteiger partial charge in [-0.3, -0.25) is 4.79 Å². The molecule has 2 fully saturated rings. The molecule has 0 aromatic heterocycles. The van der Waals surface area contributed by atoms with Gasteiger partial charge in [0.1, 0.15) is 5.75 Å². The van der Waals surface area contributed by atoms with Crippen molar-refractivity contribution in [3.05, 3.63) is 29.3 Å². The van der Waals surface area contributed by atoms with E-state index in [0.717, 1.165) is 0 Å². The second-order valence-corrected chi connectivity index (χ2v) is 9.83. The molecule has 3 rings (SSSR count). The molecule has 8 nitrogen and oxygen atoms in total. The summed E-state index contributed by atoms with van der Waals surface area (Å²) in [6.45, 7) is 7.26. The molecule has 10 heteroatoms. The molecular weight excluding hydrogens is 418 g/mol. The van der Waals surface area contributed by atoms with E-state index in [2.05, 4.69) is 0 Å². The van der Waals surface area contributed by atoms with Crippen LogP contribution in [0.4, 0.5) is 0 Å². The monoisotopic (exact) mass is 445 g/mol. The molecule has 1 aromatic rings. The lowest BCUT2D eigenvalue weighted by Crippen LogP contribution is -2.58. The summed E-state index contributed by atoms with van der Waals surface area (Å²) in [6.07, 6.45) is -0.989. The first-order valence-corrected chi connectivity index (χ1v) is 11.6. The van der Waals surface area contributed by atoms with Gasteiger partial charge in [-0.2, -0.15) is 17.0 Å². The quantitative estimate of drug-likeness (QED) is 0.687. The summed E-state index contributed by atoms with van der Waals surface area (Å²) in [4.78, 5) is 14.4. The molecule has 0 saturated carbocycles. The Bertz CT molecular complexity index is 819. The minimum atomic E-state index is -3.57. The average molecular weight is 446 g/mol. The summed E-state index contributed by atoms with van der Waals surface area (Å²) in [6, 6.07) is 6.98. The number of halogens is 1. The first kappa shape index (κ1) is 22.3. The van der Waals surface area contributed by atoms with Crippen LogP contribution in [0.25, 0.3) is 0 Å². The molecule has 0 N–H and O–H groups in total. The highest BCUT2D eigenvalue weighted by Crippen LogP contribution is 2.25. The van der Waals surface area contributed by atoms with E-state index >= 15 is 0 Å². The fraction of sp³-hybridized carbons (Fsp3) is 0.632. The SMILES string of the molecule is CC1CN(S(=O)(=O)N2CCN(C(=O)C(C)Oc3ccccc3Cl)CC2)CC(C)O1. The van der Waals surface area contributed by atoms with Gasteiger partial charge in [0.2, 0.25) is 0 Å². The normalized spacial score (nSPS) is 25.6. The van der Waals surface area contributed by atoms with Gasteiger partial charge < -0.3 is 14.4 Å². The minimum Gasteiger partial charge on any atom is -0.479 e. The van der Waals surface area contributed by atoms with Crippen molar-refractivity contribution in [2.45, 2.75) is 39.1 Å². The van der Waals surface area contributed by atoms with Crippen LogP contribution in [0.5, 0.6) is 5.75 Å².